The highest BCUT2D eigenvalue weighted by Gasteiger charge is 2.15. The summed E-state index contributed by atoms with van der Waals surface area (Å²) in [6.07, 6.45) is 0. The molecule has 4 rings (SSSR count). The number of carbonyl (C=O) groups excluding carboxylic acids is 3. The Hall–Kier alpha value is -4.04. The van der Waals surface area contributed by atoms with Crippen molar-refractivity contribution >= 4 is 39.4 Å². The Labute approximate surface area is 193 Å². The lowest BCUT2D eigenvalue weighted by atomic mass is 10.0. The number of nitrogens with zero attached hydrogens (tertiary/aromatic N) is 2. The van der Waals surface area contributed by atoms with Crippen LogP contribution >= 0.6 is 11.3 Å². The summed E-state index contributed by atoms with van der Waals surface area (Å²) in [5.74, 6) is -1.39. The fourth-order valence-corrected chi connectivity index (χ4v) is 4.40. The molecule has 166 valence electrons. The Bertz CT molecular complexity index is 1400. The Balaban J connectivity index is 1.74. The number of rotatable bonds is 5. The number of methoxy groups -OCH3 is 2. The van der Waals surface area contributed by atoms with E-state index >= 15 is 0 Å². The first-order valence-corrected chi connectivity index (χ1v) is 10.8. The average molecular weight is 461 g/mol. The molecule has 0 aliphatic carbocycles. The molecule has 0 bridgehead atoms. The van der Waals surface area contributed by atoms with Gasteiger partial charge in [0.25, 0.3) is 5.91 Å². The molecule has 0 radical (unpaired) electrons. The number of hydrogen-bond acceptors (Lipinski definition) is 6. The molecule has 8 heteroatoms. The van der Waals surface area contributed by atoms with E-state index in [4.69, 9.17) is 9.47 Å². The van der Waals surface area contributed by atoms with Crippen LogP contribution in [-0.2, 0) is 20.8 Å². The van der Waals surface area contributed by atoms with Crippen LogP contribution in [0.15, 0.2) is 77.8 Å². The lowest BCUT2D eigenvalue weighted by molar-refractivity contribution is -0.141. The first-order valence-electron chi connectivity index (χ1n) is 10.0. The van der Waals surface area contributed by atoms with Gasteiger partial charge in [0.15, 0.2) is 4.80 Å². The Morgan fingerprint density at radius 3 is 2.18 bits per heavy atom. The molecular weight excluding hydrogens is 440 g/mol. The van der Waals surface area contributed by atoms with Crippen LogP contribution in [0.5, 0.6) is 0 Å². The van der Waals surface area contributed by atoms with Gasteiger partial charge in [0.05, 0.1) is 30.0 Å². The predicted octanol–water partition coefficient (Wildman–Crippen LogP) is 4.07. The summed E-state index contributed by atoms with van der Waals surface area (Å²) < 4.78 is 11.9. The maximum Gasteiger partial charge on any atom is 0.337 e. The third-order valence-electron chi connectivity index (χ3n) is 5.05. The largest absolute Gasteiger partial charge is 0.468 e. The van der Waals surface area contributed by atoms with Crippen LogP contribution in [0.25, 0.3) is 21.3 Å². The van der Waals surface area contributed by atoms with Crippen molar-refractivity contribution in [2.45, 2.75) is 6.54 Å². The molecule has 0 atom stereocenters. The number of ether oxygens (including phenoxy) is 2. The summed E-state index contributed by atoms with van der Waals surface area (Å²) in [7, 11) is 2.60. The van der Waals surface area contributed by atoms with E-state index in [-0.39, 0.29) is 6.54 Å². The lowest BCUT2D eigenvalue weighted by Crippen LogP contribution is -2.22. The van der Waals surface area contributed by atoms with E-state index in [0.717, 1.165) is 11.1 Å². The summed E-state index contributed by atoms with van der Waals surface area (Å²) in [6, 6.07) is 22.0. The highest BCUT2D eigenvalue weighted by molar-refractivity contribution is 7.16. The number of aromatic nitrogens is 1. The van der Waals surface area contributed by atoms with Crippen LogP contribution in [0.4, 0.5) is 0 Å². The van der Waals surface area contributed by atoms with Gasteiger partial charge in [0.1, 0.15) is 6.54 Å². The lowest BCUT2D eigenvalue weighted by Gasteiger charge is -2.05. The zero-order valence-electron chi connectivity index (χ0n) is 18.0. The number of fused-ring (bicyclic) bond motifs is 1. The van der Waals surface area contributed by atoms with Crippen molar-refractivity contribution in [3.05, 3.63) is 88.7 Å². The van der Waals surface area contributed by atoms with E-state index in [2.05, 4.69) is 4.99 Å². The molecule has 0 aliphatic heterocycles. The van der Waals surface area contributed by atoms with E-state index < -0.39 is 17.8 Å². The van der Waals surface area contributed by atoms with Gasteiger partial charge >= 0.3 is 11.9 Å². The molecule has 3 aromatic carbocycles. The van der Waals surface area contributed by atoms with Crippen LogP contribution in [0.1, 0.15) is 20.7 Å². The topological polar surface area (TPSA) is 87.0 Å². The van der Waals surface area contributed by atoms with E-state index in [1.807, 2.05) is 42.5 Å². The van der Waals surface area contributed by atoms with Crippen molar-refractivity contribution in [1.29, 1.82) is 0 Å². The third-order valence-corrected chi connectivity index (χ3v) is 6.10. The second-order valence-electron chi connectivity index (χ2n) is 7.08. The van der Waals surface area contributed by atoms with Crippen molar-refractivity contribution in [2.24, 2.45) is 4.99 Å². The molecule has 7 nitrogen and oxygen atoms in total. The number of amides is 1. The first-order chi connectivity index (χ1) is 16.0. The molecule has 1 heterocycles. The highest BCUT2D eigenvalue weighted by Crippen LogP contribution is 2.21. The molecule has 33 heavy (non-hydrogen) atoms. The molecular formula is C25H20N2O5S. The van der Waals surface area contributed by atoms with E-state index in [0.29, 0.717) is 26.1 Å². The summed E-state index contributed by atoms with van der Waals surface area (Å²) in [4.78, 5) is 41.4. The van der Waals surface area contributed by atoms with Gasteiger partial charge in [-0.15, -0.1) is 0 Å². The molecule has 0 N–H and O–H groups in total. The molecule has 0 fully saturated rings. The van der Waals surface area contributed by atoms with Gasteiger partial charge < -0.3 is 14.0 Å². The highest BCUT2D eigenvalue weighted by atomic mass is 32.1. The van der Waals surface area contributed by atoms with Crippen molar-refractivity contribution in [2.75, 3.05) is 14.2 Å². The molecule has 1 amide bonds. The quantitative estimate of drug-likeness (QED) is 0.419. The summed E-state index contributed by atoms with van der Waals surface area (Å²) in [5, 5.41) is 0. The van der Waals surface area contributed by atoms with Crippen molar-refractivity contribution in [3.8, 4) is 11.1 Å². The van der Waals surface area contributed by atoms with E-state index in [1.165, 1.54) is 25.6 Å². The summed E-state index contributed by atoms with van der Waals surface area (Å²) >= 11 is 1.20. The minimum Gasteiger partial charge on any atom is -0.468 e. The molecule has 0 unspecified atom stereocenters. The van der Waals surface area contributed by atoms with Crippen LogP contribution in [0.3, 0.4) is 0 Å². The van der Waals surface area contributed by atoms with E-state index in [9.17, 15) is 14.4 Å². The normalized spacial score (nSPS) is 11.4. The molecule has 1 aromatic heterocycles. The van der Waals surface area contributed by atoms with Crippen molar-refractivity contribution < 1.29 is 23.9 Å². The Morgan fingerprint density at radius 1 is 0.848 bits per heavy atom. The number of esters is 2. The summed E-state index contributed by atoms with van der Waals surface area (Å²) in [6.45, 7) is -0.118. The zero-order valence-corrected chi connectivity index (χ0v) is 18.8. The Morgan fingerprint density at radius 2 is 1.52 bits per heavy atom. The van der Waals surface area contributed by atoms with Gasteiger partial charge in [0, 0.05) is 5.56 Å². The van der Waals surface area contributed by atoms with Gasteiger partial charge in [-0.05, 0) is 41.5 Å². The fourth-order valence-electron chi connectivity index (χ4n) is 3.34. The van der Waals surface area contributed by atoms with E-state index in [1.54, 1.807) is 34.9 Å². The molecule has 4 aromatic rings. The number of hydrogen-bond donors (Lipinski definition) is 0. The monoisotopic (exact) mass is 460 g/mol. The Kier molecular flexibility index (Phi) is 6.46. The van der Waals surface area contributed by atoms with Gasteiger partial charge in [-0.1, -0.05) is 53.8 Å². The van der Waals surface area contributed by atoms with Crippen LogP contribution in [0.2, 0.25) is 0 Å². The predicted molar refractivity (Wildman–Crippen MR) is 125 cm³/mol. The maximum atomic E-state index is 12.9. The molecule has 0 saturated carbocycles. The smallest absolute Gasteiger partial charge is 0.337 e. The number of benzene rings is 3. The SMILES string of the molecule is COC(=O)Cn1c(=NC(=O)c2ccc(-c3ccccc3)cc2)sc2cc(C(=O)OC)ccc21. The number of carbonyl (C=O) groups is 3. The second kappa shape index (κ2) is 9.62. The zero-order chi connectivity index (χ0) is 23.4. The average Bonchev–Trinajstić information content (AvgIpc) is 3.19. The van der Waals surface area contributed by atoms with Gasteiger partial charge in [-0.3, -0.25) is 9.59 Å². The van der Waals surface area contributed by atoms with Gasteiger partial charge in [-0.2, -0.15) is 4.99 Å². The number of thiazole rings is 1. The second-order valence-corrected chi connectivity index (χ2v) is 8.09. The first kappa shape index (κ1) is 22.2. The van der Waals surface area contributed by atoms with Gasteiger partial charge in [0.2, 0.25) is 0 Å². The molecule has 0 saturated heterocycles. The third kappa shape index (κ3) is 4.75. The van der Waals surface area contributed by atoms with Crippen molar-refractivity contribution in [1.82, 2.24) is 4.57 Å². The van der Waals surface area contributed by atoms with Crippen LogP contribution in [-0.4, -0.2) is 36.6 Å². The standard InChI is InChI=1S/C25H20N2O5S/c1-31-22(28)15-27-20-13-12-19(24(30)32-2)14-21(20)33-25(27)26-23(29)18-10-8-17(9-11-18)16-6-4-3-5-7-16/h3-14H,15H2,1-2H3. The fraction of sp³-hybridized carbons (Fsp3) is 0.120. The van der Waals surface area contributed by atoms with Gasteiger partial charge in [-0.25, -0.2) is 4.79 Å². The van der Waals surface area contributed by atoms with Crippen molar-refractivity contribution in [3.63, 3.8) is 0 Å². The minimum absolute atomic E-state index is 0.118. The van der Waals surface area contributed by atoms with Crippen LogP contribution in [0, 0.1) is 0 Å². The van der Waals surface area contributed by atoms with Crippen LogP contribution < -0.4 is 4.80 Å². The molecule has 0 aliphatic rings. The maximum absolute atomic E-state index is 12.9. The summed E-state index contributed by atoms with van der Waals surface area (Å²) in [5.41, 5.74) is 3.49. The molecule has 0 spiro atoms. The minimum atomic E-state index is -0.479.